The number of rotatable bonds is 5. The number of hydrogen-bond acceptors (Lipinski definition) is 3. The topological polar surface area (TPSA) is 33.0 Å². The van der Waals surface area contributed by atoms with Crippen molar-refractivity contribution in [3.8, 4) is 11.8 Å². The minimum atomic E-state index is 0.648. The quantitative estimate of drug-likeness (QED) is 0.716. The van der Waals surface area contributed by atoms with E-state index in [-0.39, 0.29) is 0 Å². The van der Waals surface area contributed by atoms with Crippen LogP contribution in [0, 0.1) is 11.3 Å². The van der Waals surface area contributed by atoms with Crippen LogP contribution in [0.4, 0.5) is 0 Å². The van der Waals surface area contributed by atoms with E-state index in [1.807, 2.05) is 23.9 Å². The molecule has 0 atom stereocenters. The molecule has 1 rings (SSSR count). The molecule has 0 N–H and O–H groups in total. The van der Waals surface area contributed by atoms with Crippen molar-refractivity contribution in [1.82, 2.24) is 0 Å². The molecule has 1 aromatic rings. The van der Waals surface area contributed by atoms with E-state index in [1.54, 1.807) is 12.1 Å². The summed E-state index contributed by atoms with van der Waals surface area (Å²) in [6.45, 7) is 5.06. The van der Waals surface area contributed by atoms with Crippen LogP contribution in [0.15, 0.2) is 24.3 Å². The third-order valence-corrected chi connectivity index (χ3v) is 2.86. The van der Waals surface area contributed by atoms with Crippen molar-refractivity contribution < 1.29 is 4.74 Å². The minimum absolute atomic E-state index is 0.648. The van der Waals surface area contributed by atoms with Gasteiger partial charge in [-0.25, -0.2) is 0 Å². The van der Waals surface area contributed by atoms with Crippen LogP contribution < -0.4 is 4.74 Å². The highest BCUT2D eigenvalue weighted by Gasteiger charge is 1.96. The van der Waals surface area contributed by atoms with E-state index in [1.165, 1.54) is 0 Å². The van der Waals surface area contributed by atoms with Crippen LogP contribution in [0.25, 0.3) is 0 Å². The summed E-state index contributed by atoms with van der Waals surface area (Å²) in [4.78, 5) is 0. The van der Waals surface area contributed by atoms with Crippen molar-refractivity contribution in [2.75, 3.05) is 12.4 Å². The zero-order valence-corrected chi connectivity index (χ0v) is 9.88. The number of benzene rings is 1. The summed E-state index contributed by atoms with van der Waals surface area (Å²) in [5.74, 6) is 1.83. The molecule has 0 aliphatic carbocycles. The fraction of sp³-hybridized carbons (Fsp3) is 0.417. The molecule has 80 valence electrons. The lowest BCUT2D eigenvalue weighted by Crippen LogP contribution is -2.02. The van der Waals surface area contributed by atoms with Crippen molar-refractivity contribution in [3.05, 3.63) is 29.8 Å². The van der Waals surface area contributed by atoms with Gasteiger partial charge in [-0.2, -0.15) is 17.0 Å². The number of hydrogen-bond donors (Lipinski definition) is 0. The highest BCUT2D eigenvalue weighted by molar-refractivity contribution is 7.99. The molecular weight excluding hydrogens is 206 g/mol. The van der Waals surface area contributed by atoms with Crippen molar-refractivity contribution in [2.24, 2.45) is 0 Å². The average Bonchev–Trinajstić information content (AvgIpc) is 2.25. The van der Waals surface area contributed by atoms with Crippen LogP contribution in [-0.4, -0.2) is 17.6 Å². The largest absolute Gasteiger partial charge is 0.493 e. The van der Waals surface area contributed by atoms with Crippen LogP contribution >= 0.6 is 11.8 Å². The van der Waals surface area contributed by atoms with Gasteiger partial charge in [0, 0.05) is 5.75 Å². The zero-order chi connectivity index (χ0) is 11.1. The van der Waals surface area contributed by atoms with E-state index in [9.17, 15) is 0 Å². The van der Waals surface area contributed by atoms with Crippen molar-refractivity contribution in [1.29, 1.82) is 5.26 Å². The summed E-state index contributed by atoms with van der Waals surface area (Å²) in [7, 11) is 0. The predicted molar refractivity (Wildman–Crippen MR) is 64.2 cm³/mol. The first-order valence-electron chi connectivity index (χ1n) is 4.97. The maximum absolute atomic E-state index is 8.61. The van der Waals surface area contributed by atoms with Crippen LogP contribution in [0.5, 0.6) is 5.75 Å². The van der Waals surface area contributed by atoms with Gasteiger partial charge in [0.1, 0.15) is 5.75 Å². The van der Waals surface area contributed by atoms with E-state index >= 15 is 0 Å². The summed E-state index contributed by atoms with van der Waals surface area (Å²) >= 11 is 1.88. The van der Waals surface area contributed by atoms with Crippen molar-refractivity contribution in [2.45, 2.75) is 19.1 Å². The Bertz CT molecular complexity index is 326. The Hall–Kier alpha value is -1.14. The molecule has 0 fully saturated rings. The fourth-order valence-corrected chi connectivity index (χ4v) is 1.72. The third kappa shape index (κ3) is 4.75. The molecule has 2 nitrogen and oxygen atoms in total. The number of nitrogens with zero attached hydrogens (tertiary/aromatic N) is 1. The van der Waals surface area contributed by atoms with Gasteiger partial charge in [-0.15, -0.1) is 0 Å². The molecule has 0 spiro atoms. The average molecular weight is 221 g/mol. The maximum Gasteiger partial charge on any atom is 0.119 e. The normalized spacial score (nSPS) is 10.0. The smallest absolute Gasteiger partial charge is 0.119 e. The lowest BCUT2D eigenvalue weighted by molar-refractivity contribution is 0.344. The zero-order valence-electron chi connectivity index (χ0n) is 9.06. The van der Waals surface area contributed by atoms with Gasteiger partial charge in [-0.3, -0.25) is 0 Å². The van der Waals surface area contributed by atoms with Gasteiger partial charge in [0.05, 0.1) is 18.2 Å². The minimum Gasteiger partial charge on any atom is -0.493 e. The molecule has 0 aliphatic heterocycles. The SMILES string of the molecule is CC(C)SCCOc1ccc(C#N)cc1. The summed E-state index contributed by atoms with van der Waals surface area (Å²) in [5.41, 5.74) is 0.666. The standard InChI is InChI=1S/C12H15NOS/c1-10(2)15-8-7-14-12-5-3-11(9-13)4-6-12/h3-6,10H,7-8H2,1-2H3. The third-order valence-electron chi connectivity index (χ3n) is 1.79. The first kappa shape index (κ1) is 11.9. The van der Waals surface area contributed by atoms with Crippen molar-refractivity contribution in [3.63, 3.8) is 0 Å². The first-order chi connectivity index (χ1) is 7.22. The van der Waals surface area contributed by atoms with Crippen LogP contribution in [0.1, 0.15) is 19.4 Å². The second kappa shape index (κ2) is 6.36. The lowest BCUT2D eigenvalue weighted by Gasteiger charge is -2.07. The Balaban J connectivity index is 2.29. The highest BCUT2D eigenvalue weighted by Crippen LogP contribution is 2.13. The fourth-order valence-electron chi connectivity index (χ4n) is 1.07. The van der Waals surface area contributed by atoms with Crippen LogP contribution in [-0.2, 0) is 0 Å². The second-order valence-electron chi connectivity index (χ2n) is 3.40. The highest BCUT2D eigenvalue weighted by atomic mass is 32.2. The first-order valence-corrected chi connectivity index (χ1v) is 6.02. The Morgan fingerprint density at radius 1 is 1.33 bits per heavy atom. The van der Waals surface area contributed by atoms with Crippen LogP contribution in [0.3, 0.4) is 0 Å². The summed E-state index contributed by atoms with van der Waals surface area (Å²) in [5, 5.41) is 9.26. The molecule has 0 unspecified atom stereocenters. The van der Waals surface area contributed by atoms with E-state index < -0.39 is 0 Å². The Labute approximate surface area is 95.3 Å². The molecule has 0 amide bonds. The summed E-state index contributed by atoms with van der Waals surface area (Å²) in [6, 6.07) is 9.28. The Kier molecular flexibility index (Phi) is 5.06. The van der Waals surface area contributed by atoms with Gasteiger partial charge in [-0.1, -0.05) is 13.8 Å². The number of thioether (sulfide) groups is 1. The molecular formula is C12H15NOS. The lowest BCUT2D eigenvalue weighted by atomic mass is 10.2. The molecule has 0 aliphatic rings. The van der Waals surface area contributed by atoms with Gasteiger partial charge < -0.3 is 4.74 Å². The van der Waals surface area contributed by atoms with E-state index in [4.69, 9.17) is 10.00 Å². The number of ether oxygens (including phenoxy) is 1. The molecule has 1 aromatic carbocycles. The van der Waals surface area contributed by atoms with Gasteiger partial charge >= 0.3 is 0 Å². The molecule has 0 saturated heterocycles. The van der Waals surface area contributed by atoms with E-state index in [0.717, 1.165) is 18.1 Å². The van der Waals surface area contributed by atoms with Crippen molar-refractivity contribution >= 4 is 11.8 Å². The molecule has 0 aromatic heterocycles. The molecule has 15 heavy (non-hydrogen) atoms. The molecule has 0 radical (unpaired) electrons. The maximum atomic E-state index is 8.61. The summed E-state index contributed by atoms with van der Waals surface area (Å²) < 4.78 is 5.53. The molecule has 3 heteroatoms. The van der Waals surface area contributed by atoms with Gasteiger partial charge in [0.15, 0.2) is 0 Å². The van der Waals surface area contributed by atoms with Crippen LogP contribution in [0.2, 0.25) is 0 Å². The Morgan fingerprint density at radius 2 is 2.00 bits per heavy atom. The summed E-state index contributed by atoms with van der Waals surface area (Å²) in [6.07, 6.45) is 0. The van der Waals surface area contributed by atoms with Gasteiger partial charge in [0.25, 0.3) is 0 Å². The van der Waals surface area contributed by atoms with Gasteiger partial charge in [-0.05, 0) is 29.5 Å². The molecule has 0 saturated carbocycles. The Morgan fingerprint density at radius 3 is 2.53 bits per heavy atom. The predicted octanol–water partition coefficient (Wildman–Crippen LogP) is 3.08. The van der Waals surface area contributed by atoms with E-state index in [0.29, 0.717) is 10.8 Å². The monoisotopic (exact) mass is 221 g/mol. The van der Waals surface area contributed by atoms with Gasteiger partial charge in [0.2, 0.25) is 0 Å². The van der Waals surface area contributed by atoms with E-state index in [2.05, 4.69) is 19.9 Å². The number of nitriles is 1. The molecule has 0 bridgehead atoms. The molecule has 0 heterocycles. The second-order valence-corrected chi connectivity index (χ2v) is 5.09.